The molecule has 0 bridgehead atoms. The molecule has 1 aromatic carbocycles. The van der Waals surface area contributed by atoms with Crippen LogP contribution >= 0.6 is 23.2 Å². The third kappa shape index (κ3) is 5.69. The molecule has 0 spiro atoms. The second-order valence-corrected chi connectivity index (χ2v) is 9.18. The number of halogens is 2. The van der Waals surface area contributed by atoms with Crippen LogP contribution < -0.4 is 10.6 Å². The van der Waals surface area contributed by atoms with Crippen LogP contribution in [0.15, 0.2) is 48.8 Å². The number of anilines is 2. The van der Waals surface area contributed by atoms with Crippen LogP contribution in [-0.2, 0) is 11.3 Å². The minimum absolute atomic E-state index is 0.524. The number of fused-ring (bicyclic) bond motifs is 1. The Hall–Kier alpha value is -3.42. The maximum absolute atomic E-state index is 8.93. The number of nitrogens with one attached hydrogen (secondary N) is 2. The summed E-state index contributed by atoms with van der Waals surface area (Å²) < 4.78 is 7.43. The van der Waals surface area contributed by atoms with Crippen molar-refractivity contribution in [2.45, 2.75) is 6.54 Å². The van der Waals surface area contributed by atoms with Crippen molar-refractivity contribution in [2.24, 2.45) is 0 Å². The average Bonchev–Trinajstić information content (AvgIpc) is 3.30. The molecule has 36 heavy (non-hydrogen) atoms. The third-order valence-electron chi connectivity index (χ3n) is 5.81. The zero-order valence-electron chi connectivity index (χ0n) is 19.4. The van der Waals surface area contributed by atoms with Gasteiger partial charge in [0.15, 0.2) is 0 Å². The lowest BCUT2D eigenvalue weighted by Gasteiger charge is -2.25. The van der Waals surface area contributed by atoms with Crippen LogP contribution in [0.5, 0.6) is 0 Å². The smallest absolute Gasteiger partial charge is 0.209 e. The second-order valence-electron chi connectivity index (χ2n) is 8.34. The molecule has 1 aliphatic heterocycles. The molecule has 11 heteroatoms. The number of ether oxygens (including phenoxy) is 1. The predicted molar refractivity (Wildman–Crippen MR) is 140 cm³/mol. The van der Waals surface area contributed by atoms with Gasteiger partial charge in [0, 0.05) is 61.8 Å². The van der Waals surface area contributed by atoms with Gasteiger partial charge in [-0.05, 0) is 30.3 Å². The average molecular weight is 523 g/mol. The fourth-order valence-corrected chi connectivity index (χ4v) is 4.50. The number of imidazole rings is 1. The molecule has 9 nitrogen and oxygen atoms in total. The van der Waals surface area contributed by atoms with Gasteiger partial charge in [0.25, 0.3) is 0 Å². The Bertz CT molecular complexity index is 1390. The molecule has 0 unspecified atom stereocenters. The van der Waals surface area contributed by atoms with Crippen molar-refractivity contribution in [1.29, 1.82) is 5.26 Å². The fourth-order valence-electron chi connectivity index (χ4n) is 3.99. The maximum Gasteiger partial charge on any atom is 0.209 e. The van der Waals surface area contributed by atoms with Gasteiger partial charge in [-0.25, -0.2) is 15.0 Å². The van der Waals surface area contributed by atoms with E-state index in [0.29, 0.717) is 46.2 Å². The highest BCUT2D eigenvalue weighted by molar-refractivity contribution is 6.36. The number of pyridine rings is 1. The summed E-state index contributed by atoms with van der Waals surface area (Å²) in [5.41, 5.74) is 3.75. The molecule has 5 rings (SSSR count). The van der Waals surface area contributed by atoms with Crippen LogP contribution in [0.3, 0.4) is 0 Å². The monoisotopic (exact) mass is 522 g/mol. The number of aromatic nitrogens is 4. The Morgan fingerprint density at radius 3 is 2.61 bits per heavy atom. The summed E-state index contributed by atoms with van der Waals surface area (Å²) in [5.74, 6) is 1.36. The molecule has 2 N–H and O–H groups in total. The summed E-state index contributed by atoms with van der Waals surface area (Å²) in [6, 6.07) is 12.9. The first-order valence-electron chi connectivity index (χ1n) is 11.6. The van der Waals surface area contributed by atoms with Crippen LogP contribution in [0.1, 0.15) is 11.3 Å². The van der Waals surface area contributed by atoms with Gasteiger partial charge < -0.3 is 15.4 Å². The standard InChI is InChI=1S/C25H24Cl2N8O/c26-18-2-3-20(21(27)11-18)22-12-24-32-19(15-34-7-9-36-10-8-34)16-35(24)25(33-22)30-6-5-29-23-4-1-17(13-28)14-31-23/h1-4,11-12,14,16H,5-10,15H2,(H,29,31)(H,30,33). The molecule has 0 radical (unpaired) electrons. The van der Waals surface area contributed by atoms with Crippen molar-refractivity contribution in [2.75, 3.05) is 50.0 Å². The first-order chi connectivity index (χ1) is 17.6. The summed E-state index contributed by atoms with van der Waals surface area (Å²) in [4.78, 5) is 16.3. The van der Waals surface area contributed by atoms with E-state index in [0.717, 1.165) is 49.8 Å². The molecule has 4 heterocycles. The highest BCUT2D eigenvalue weighted by atomic mass is 35.5. The van der Waals surface area contributed by atoms with Gasteiger partial charge in [0.1, 0.15) is 17.5 Å². The number of nitriles is 1. The maximum atomic E-state index is 8.93. The molecule has 0 amide bonds. The number of nitrogens with zero attached hydrogens (tertiary/aromatic N) is 6. The van der Waals surface area contributed by atoms with Crippen molar-refractivity contribution < 1.29 is 4.74 Å². The fraction of sp³-hybridized carbons (Fsp3) is 0.280. The molecule has 0 aliphatic carbocycles. The van der Waals surface area contributed by atoms with Gasteiger partial charge in [-0.2, -0.15) is 5.26 Å². The van der Waals surface area contributed by atoms with Crippen molar-refractivity contribution in [1.82, 2.24) is 24.3 Å². The normalized spacial score (nSPS) is 14.0. The molecule has 0 atom stereocenters. The first kappa shape index (κ1) is 24.3. The zero-order chi connectivity index (χ0) is 24.9. The molecule has 1 fully saturated rings. The van der Waals surface area contributed by atoms with Crippen molar-refractivity contribution in [3.05, 3.63) is 70.1 Å². The van der Waals surface area contributed by atoms with E-state index in [1.54, 1.807) is 30.5 Å². The molecule has 1 saturated heterocycles. The Labute approximate surface area is 218 Å². The lowest BCUT2D eigenvalue weighted by molar-refractivity contribution is 0.0337. The Morgan fingerprint density at radius 2 is 1.86 bits per heavy atom. The number of benzene rings is 1. The number of morpholine rings is 1. The minimum Gasteiger partial charge on any atom is -0.379 e. The molecule has 4 aromatic rings. The van der Waals surface area contributed by atoms with Gasteiger partial charge in [-0.3, -0.25) is 9.30 Å². The minimum atomic E-state index is 0.524. The van der Waals surface area contributed by atoms with Crippen LogP contribution in [0.4, 0.5) is 11.8 Å². The van der Waals surface area contributed by atoms with Gasteiger partial charge in [0.2, 0.25) is 5.95 Å². The lowest BCUT2D eigenvalue weighted by Crippen LogP contribution is -2.35. The Kier molecular flexibility index (Phi) is 7.49. The van der Waals surface area contributed by atoms with Gasteiger partial charge in [-0.15, -0.1) is 0 Å². The SMILES string of the molecule is N#Cc1ccc(NCCNc2nc(-c3ccc(Cl)cc3Cl)cc3nc(CN4CCOCC4)cn23)nc1. The first-order valence-corrected chi connectivity index (χ1v) is 12.3. The van der Waals surface area contributed by atoms with E-state index in [4.69, 9.17) is 43.2 Å². The van der Waals surface area contributed by atoms with Gasteiger partial charge in [-0.1, -0.05) is 23.2 Å². The highest BCUT2D eigenvalue weighted by Gasteiger charge is 2.16. The largest absolute Gasteiger partial charge is 0.379 e. The van der Waals surface area contributed by atoms with E-state index < -0.39 is 0 Å². The number of hydrogen-bond donors (Lipinski definition) is 2. The van der Waals surface area contributed by atoms with E-state index >= 15 is 0 Å². The van der Waals surface area contributed by atoms with Crippen molar-refractivity contribution in [3.8, 4) is 17.3 Å². The zero-order valence-corrected chi connectivity index (χ0v) is 20.9. The van der Waals surface area contributed by atoms with E-state index in [9.17, 15) is 0 Å². The molecule has 0 saturated carbocycles. The summed E-state index contributed by atoms with van der Waals surface area (Å²) in [6.07, 6.45) is 3.56. The quantitative estimate of drug-likeness (QED) is 0.329. The summed E-state index contributed by atoms with van der Waals surface area (Å²) in [5, 5.41) is 16.7. The van der Waals surface area contributed by atoms with Crippen LogP contribution in [-0.4, -0.2) is 63.6 Å². The topological polar surface area (TPSA) is 103 Å². The lowest BCUT2D eigenvalue weighted by atomic mass is 10.1. The second kappa shape index (κ2) is 11.1. The van der Waals surface area contributed by atoms with Crippen LogP contribution in [0, 0.1) is 11.3 Å². The van der Waals surface area contributed by atoms with E-state index in [-0.39, 0.29) is 0 Å². The van der Waals surface area contributed by atoms with Crippen molar-refractivity contribution in [3.63, 3.8) is 0 Å². The Balaban J connectivity index is 1.38. The van der Waals surface area contributed by atoms with Crippen LogP contribution in [0.25, 0.3) is 16.9 Å². The summed E-state index contributed by atoms with van der Waals surface area (Å²) in [6.45, 7) is 5.18. The summed E-state index contributed by atoms with van der Waals surface area (Å²) in [7, 11) is 0. The predicted octanol–water partition coefficient (Wildman–Crippen LogP) is 4.33. The Morgan fingerprint density at radius 1 is 1.03 bits per heavy atom. The number of hydrogen-bond acceptors (Lipinski definition) is 8. The number of rotatable bonds is 8. The van der Waals surface area contributed by atoms with Crippen molar-refractivity contribution >= 4 is 40.6 Å². The van der Waals surface area contributed by atoms with E-state index in [2.05, 4.69) is 26.6 Å². The van der Waals surface area contributed by atoms with Gasteiger partial charge in [0.05, 0.1) is 35.2 Å². The molecular weight excluding hydrogens is 499 g/mol. The summed E-state index contributed by atoms with van der Waals surface area (Å²) >= 11 is 12.6. The molecule has 3 aromatic heterocycles. The van der Waals surface area contributed by atoms with Gasteiger partial charge >= 0.3 is 0 Å². The highest BCUT2D eigenvalue weighted by Crippen LogP contribution is 2.31. The van der Waals surface area contributed by atoms with Crippen LogP contribution in [0.2, 0.25) is 10.0 Å². The van der Waals surface area contributed by atoms with E-state index in [1.165, 1.54) is 0 Å². The third-order valence-corrected chi connectivity index (χ3v) is 6.35. The van der Waals surface area contributed by atoms with E-state index in [1.807, 2.05) is 22.7 Å². The molecule has 1 aliphatic rings. The molecule has 184 valence electrons. The molecular formula is C25H24Cl2N8O.